The third kappa shape index (κ3) is 4.47. The van der Waals surface area contributed by atoms with Crippen molar-refractivity contribution in [3.8, 4) is 0 Å². The van der Waals surface area contributed by atoms with Gasteiger partial charge in [-0.25, -0.2) is 0 Å². The number of hydrogen-bond acceptors (Lipinski definition) is 2. The summed E-state index contributed by atoms with van der Waals surface area (Å²) in [4.78, 5) is 16.3. The first-order chi connectivity index (χ1) is 9.54. The minimum Gasteiger partial charge on any atom is -0.343 e. The highest BCUT2D eigenvalue weighted by Crippen LogP contribution is 2.40. The van der Waals surface area contributed by atoms with Gasteiger partial charge in [-0.15, -0.1) is 0 Å². The maximum atomic E-state index is 11.6. The highest BCUT2D eigenvalue weighted by atomic mass is 16.2. The average molecular weight is 282 g/mol. The van der Waals surface area contributed by atoms with Gasteiger partial charge in [0.05, 0.1) is 0 Å². The van der Waals surface area contributed by atoms with Gasteiger partial charge in [-0.3, -0.25) is 4.79 Å². The van der Waals surface area contributed by atoms with Gasteiger partial charge in [0.25, 0.3) is 0 Å². The second-order valence-corrected chi connectivity index (χ2v) is 6.63. The van der Waals surface area contributed by atoms with E-state index in [-0.39, 0.29) is 0 Å². The summed E-state index contributed by atoms with van der Waals surface area (Å²) in [6.45, 7) is 16.3. The fraction of sp³-hybridized carbons (Fsp3) is 0.941. The molecular weight excluding hydrogens is 248 g/mol. The molecule has 118 valence electrons. The van der Waals surface area contributed by atoms with Gasteiger partial charge in [0.1, 0.15) is 0 Å². The number of amides is 1. The molecule has 2 aliphatic rings. The van der Waals surface area contributed by atoms with Gasteiger partial charge in [-0.1, -0.05) is 34.6 Å². The Hall–Kier alpha value is -0.570. The predicted octanol–water partition coefficient (Wildman–Crippen LogP) is 3.39. The molecule has 0 aromatic rings. The van der Waals surface area contributed by atoms with E-state index in [1.54, 1.807) is 0 Å². The van der Waals surface area contributed by atoms with Gasteiger partial charge >= 0.3 is 0 Å². The van der Waals surface area contributed by atoms with Crippen molar-refractivity contribution in [3.63, 3.8) is 0 Å². The van der Waals surface area contributed by atoms with Crippen molar-refractivity contribution in [2.45, 2.75) is 60.3 Å². The molecule has 0 unspecified atom stereocenters. The van der Waals surface area contributed by atoms with Crippen LogP contribution in [0.4, 0.5) is 0 Å². The zero-order chi connectivity index (χ0) is 15.2. The van der Waals surface area contributed by atoms with Crippen LogP contribution in [0.2, 0.25) is 0 Å². The van der Waals surface area contributed by atoms with E-state index in [2.05, 4.69) is 23.6 Å². The van der Waals surface area contributed by atoms with Crippen molar-refractivity contribution in [3.05, 3.63) is 0 Å². The molecule has 2 aliphatic heterocycles. The van der Waals surface area contributed by atoms with E-state index in [0.29, 0.717) is 17.7 Å². The van der Waals surface area contributed by atoms with E-state index in [9.17, 15) is 4.79 Å². The van der Waals surface area contributed by atoms with Crippen LogP contribution in [0.5, 0.6) is 0 Å². The largest absolute Gasteiger partial charge is 0.343 e. The zero-order valence-corrected chi connectivity index (χ0v) is 14.2. The van der Waals surface area contributed by atoms with Crippen LogP contribution in [0.1, 0.15) is 60.3 Å². The molecule has 0 radical (unpaired) electrons. The molecule has 2 rings (SSSR count). The molecule has 0 atom stereocenters. The van der Waals surface area contributed by atoms with E-state index < -0.39 is 0 Å². The van der Waals surface area contributed by atoms with Crippen molar-refractivity contribution >= 4 is 5.91 Å². The molecule has 0 aromatic heterocycles. The van der Waals surface area contributed by atoms with Crippen LogP contribution in [-0.2, 0) is 4.79 Å². The number of likely N-dealkylation sites (tertiary alicyclic amines) is 2. The van der Waals surface area contributed by atoms with Crippen LogP contribution in [0, 0.1) is 11.3 Å². The van der Waals surface area contributed by atoms with Crippen LogP contribution in [0.15, 0.2) is 0 Å². The van der Waals surface area contributed by atoms with E-state index in [1.165, 1.54) is 38.9 Å². The molecular formula is C17H34N2O. The molecule has 0 aromatic carbocycles. The Morgan fingerprint density at radius 3 is 2.15 bits per heavy atom. The smallest absolute Gasteiger partial charge is 0.222 e. The highest BCUT2D eigenvalue weighted by molar-refractivity contribution is 5.75. The second kappa shape index (κ2) is 8.02. The predicted molar refractivity (Wildman–Crippen MR) is 85.8 cm³/mol. The molecule has 20 heavy (non-hydrogen) atoms. The molecule has 3 nitrogen and oxygen atoms in total. The normalized spacial score (nSPS) is 21.4. The first-order valence-electron chi connectivity index (χ1n) is 8.55. The molecule has 0 N–H and O–H groups in total. The van der Waals surface area contributed by atoms with Gasteiger partial charge in [-0.05, 0) is 37.1 Å². The Kier molecular flexibility index (Phi) is 7.01. The van der Waals surface area contributed by atoms with Crippen molar-refractivity contribution in [1.29, 1.82) is 0 Å². The summed E-state index contributed by atoms with van der Waals surface area (Å²) in [5.74, 6) is 1.14. The molecule has 3 heteroatoms. The van der Waals surface area contributed by atoms with Crippen LogP contribution in [0.3, 0.4) is 0 Å². The lowest BCUT2D eigenvalue weighted by Crippen LogP contribution is -2.60. The van der Waals surface area contributed by atoms with Crippen molar-refractivity contribution < 1.29 is 4.79 Å². The Balaban J connectivity index is 0.000000956. The van der Waals surface area contributed by atoms with Gasteiger partial charge in [0.15, 0.2) is 0 Å². The van der Waals surface area contributed by atoms with E-state index in [1.807, 2.05) is 20.8 Å². The topological polar surface area (TPSA) is 23.6 Å². The maximum absolute atomic E-state index is 11.6. The zero-order valence-electron chi connectivity index (χ0n) is 14.2. The summed E-state index contributed by atoms with van der Waals surface area (Å²) in [5, 5.41) is 0. The first kappa shape index (κ1) is 17.5. The van der Waals surface area contributed by atoms with E-state index in [4.69, 9.17) is 0 Å². The minimum atomic E-state index is 0.334. The van der Waals surface area contributed by atoms with Crippen molar-refractivity contribution in [2.75, 3.05) is 32.7 Å². The van der Waals surface area contributed by atoms with Gasteiger partial charge in [0, 0.05) is 32.6 Å². The van der Waals surface area contributed by atoms with Gasteiger partial charge < -0.3 is 9.80 Å². The molecule has 1 spiro atoms. The van der Waals surface area contributed by atoms with Gasteiger partial charge in [-0.2, -0.15) is 0 Å². The standard InChI is InChI=1S/C15H28N2O.C2H6/c1-4-14(18)17-9-6-15(7-10-17)11-16(12-15)8-5-13(2)3;1-2/h13H,4-12H2,1-3H3;1-2H3. The molecule has 2 heterocycles. The van der Waals surface area contributed by atoms with Crippen LogP contribution in [-0.4, -0.2) is 48.4 Å². The summed E-state index contributed by atoms with van der Waals surface area (Å²) >= 11 is 0. The Morgan fingerprint density at radius 2 is 1.70 bits per heavy atom. The van der Waals surface area contributed by atoms with E-state index >= 15 is 0 Å². The maximum Gasteiger partial charge on any atom is 0.222 e. The van der Waals surface area contributed by atoms with Crippen molar-refractivity contribution in [2.24, 2.45) is 11.3 Å². The SMILES string of the molecule is CC.CCC(=O)N1CCC2(CC1)CN(CCC(C)C)C2. The lowest BCUT2D eigenvalue weighted by molar-refractivity contribution is -0.136. The second-order valence-electron chi connectivity index (χ2n) is 6.63. The molecule has 1 amide bonds. The third-order valence-corrected chi connectivity index (χ3v) is 4.62. The molecule has 2 saturated heterocycles. The monoisotopic (exact) mass is 282 g/mol. The first-order valence-corrected chi connectivity index (χ1v) is 8.55. The molecule has 0 aliphatic carbocycles. The van der Waals surface area contributed by atoms with Crippen LogP contribution >= 0.6 is 0 Å². The van der Waals surface area contributed by atoms with Crippen molar-refractivity contribution in [1.82, 2.24) is 9.80 Å². The van der Waals surface area contributed by atoms with Gasteiger partial charge in [0.2, 0.25) is 5.91 Å². The highest BCUT2D eigenvalue weighted by Gasteiger charge is 2.44. The quantitative estimate of drug-likeness (QED) is 0.789. The summed E-state index contributed by atoms with van der Waals surface area (Å²) in [6, 6.07) is 0. The molecule has 0 bridgehead atoms. The third-order valence-electron chi connectivity index (χ3n) is 4.62. The Labute approximate surface area is 125 Å². The van der Waals surface area contributed by atoms with Crippen LogP contribution < -0.4 is 0 Å². The van der Waals surface area contributed by atoms with E-state index in [0.717, 1.165) is 19.0 Å². The Morgan fingerprint density at radius 1 is 1.15 bits per heavy atom. The summed E-state index contributed by atoms with van der Waals surface area (Å²) in [7, 11) is 0. The summed E-state index contributed by atoms with van der Waals surface area (Å²) in [5.41, 5.74) is 0.557. The fourth-order valence-electron chi connectivity index (χ4n) is 3.27. The average Bonchev–Trinajstić information content (AvgIpc) is 2.44. The number of carbonyl (C=O) groups excluding carboxylic acids is 1. The van der Waals surface area contributed by atoms with Crippen LogP contribution in [0.25, 0.3) is 0 Å². The lowest BCUT2D eigenvalue weighted by Gasteiger charge is -2.54. The Bertz CT molecular complexity index is 285. The minimum absolute atomic E-state index is 0.334. The fourth-order valence-corrected chi connectivity index (χ4v) is 3.27. The number of nitrogens with zero attached hydrogens (tertiary/aromatic N) is 2. The summed E-state index contributed by atoms with van der Waals surface area (Å²) < 4.78 is 0. The number of carbonyl (C=O) groups is 1. The number of rotatable bonds is 4. The summed E-state index contributed by atoms with van der Waals surface area (Å²) in [6.07, 6.45) is 4.41. The molecule has 0 saturated carbocycles. The number of piperidine rings is 1. The molecule has 2 fully saturated rings. The lowest BCUT2D eigenvalue weighted by atomic mass is 9.72. The number of hydrogen-bond donors (Lipinski definition) is 0.